The summed E-state index contributed by atoms with van der Waals surface area (Å²) in [6.07, 6.45) is 0. The number of amides is 1. The molecule has 0 saturated carbocycles. The predicted molar refractivity (Wildman–Crippen MR) is 94.5 cm³/mol. The Bertz CT molecular complexity index is 838. The number of nitrogens with zero attached hydrogens (tertiary/aromatic N) is 1. The van der Waals surface area contributed by atoms with E-state index < -0.39 is 30.8 Å². The van der Waals surface area contributed by atoms with Gasteiger partial charge in [0, 0.05) is 4.90 Å². The second-order valence-electron chi connectivity index (χ2n) is 5.01. The molecule has 0 atom stereocenters. The van der Waals surface area contributed by atoms with Crippen molar-refractivity contribution in [3.05, 3.63) is 54.1 Å². The smallest absolute Gasteiger partial charge is 0.344 e. The van der Waals surface area contributed by atoms with Gasteiger partial charge in [-0.25, -0.2) is 4.79 Å². The second kappa shape index (κ2) is 10.1. The van der Waals surface area contributed by atoms with Crippen LogP contribution in [-0.4, -0.2) is 30.8 Å². The van der Waals surface area contributed by atoms with Crippen LogP contribution in [0.4, 0.5) is 14.5 Å². The minimum atomic E-state index is -2.62. The lowest BCUT2D eigenvalue weighted by Gasteiger charge is -2.11. The van der Waals surface area contributed by atoms with Gasteiger partial charge in [0.05, 0.1) is 17.3 Å². The lowest BCUT2D eigenvalue weighted by atomic mass is 10.2. The first-order chi connectivity index (χ1) is 13.0. The summed E-state index contributed by atoms with van der Waals surface area (Å²) in [4.78, 5) is 23.7. The number of nitriles is 1. The van der Waals surface area contributed by atoms with Crippen molar-refractivity contribution in [2.45, 2.75) is 10.7 Å². The molecule has 0 fully saturated rings. The Kier molecular flexibility index (Phi) is 7.58. The van der Waals surface area contributed by atoms with E-state index in [2.05, 4.69) is 5.32 Å². The molecule has 0 aliphatic rings. The molecule has 0 heterocycles. The van der Waals surface area contributed by atoms with Gasteiger partial charge in [-0.3, -0.25) is 4.79 Å². The summed E-state index contributed by atoms with van der Waals surface area (Å²) in [5, 5.41) is 11.1. The zero-order valence-corrected chi connectivity index (χ0v) is 14.7. The molecule has 0 aliphatic heterocycles. The van der Waals surface area contributed by atoms with E-state index in [9.17, 15) is 18.4 Å². The maximum Gasteiger partial charge on any atom is 0.344 e. The Morgan fingerprint density at radius 2 is 1.81 bits per heavy atom. The number of hydrogen-bond donors (Lipinski definition) is 1. The molecule has 0 radical (unpaired) electrons. The minimum Gasteiger partial charge on any atom is -0.482 e. The van der Waals surface area contributed by atoms with Crippen LogP contribution in [-0.2, 0) is 14.3 Å². The largest absolute Gasteiger partial charge is 0.482 e. The van der Waals surface area contributed by atoms with Crippen molar-refractivity contribution >= 4 is 29.3 Å². The standard InChI is InChI=1S/C18H14F2N2O4S/c19-18(20)27-15-4-2-1-3-14(15)22-16(23)10-26-17(24)11-25-13-7-5-12(9-21)6-8-13/h1-8,18H,10-11H2,(H,22,23). The highest BCUT2D eigenvalue weighted by molar-refractivity contribution is 7.99. The molecule has 27 heavy (non-hydrogen) atoms. The van der Waals surface area contributed by atoms with Gasteiger partial charge < -0.3 is 14.8 Å². The van der Waals surface area contributed by atoms with Crippen molar-refractivity contribution in [1.82, 2.24) is 0 Å². The summed E-state index contributed by atoms with van der Waals surface area (Å²) in [5.74, 6) is -3.69. The monoisotopic (exact) mass is 392 g/mol. The Morgan fingerprint density at radius 3 is 2.48 bits per heavy atom. The van der Waals surface area contributed by atoms with Crippen molar-refractivity contribution in [3.63, 3.8) is 0 Å². The van der Waals surface area contributed by atoms with Gasteiger partial charge in [-0.15, -0.1) is 0 Å². The molecule has 1 N–H and O–H groups in total. The van der Waals surface area contributed by atoms with Crippen LogP contribution in [0.1, 0.15) is 5.56 Å². The fourth-order valence-electron chi connectivity index (χ4n) is 1.91. The quantitative estimate of drug-likeness (QED) is 0.547. The van der Waals surface area contributed by atoms with Gasteiger partial charge >= 0.3 is 5.97 Å². The molecular weight excluding hydrogens is 378 g/mol. The van der Waals surface area contributed by atoms with Crippen LogP contribution in [0.25, 0.3) is 0 Å². The van der Waals surface area contributed by atoms with Crippen LogP contribution in [0.15, 0.2) is 53.4 Å². The van der Waals surface area contributed by atoms with Gasteiger partial charge in [0.1, 0.15) is 5.75 Å². The lowest BCUT2D eigenvalue weighted by Crippen LogP contribution is -2.23. The number of esters is 1. The molecule has 9 heteroatoms. The van der Waals surface area contributed by atoms with E-state index >= 15 is 0 Å². The van der Waals surface area contributed by atoms with Crippen LogP contribution in [0.5, 0.6) is 5.75 Å². The van der Waals surface area contributed by atoms with E-state index in [1.165, 1.54) is 36.4 Å². The first-order valence-corrected chi connectivity index (χ1v) is 8.48. The lowest BCUT2D eigenvalue weighted by molar-refractivity contribution is -0.149. The highest BCUT2D eigenvalue weighted by atomic mass is 32.2. The Balaban J connectivity index is 1.78. The Labute approximate surface area is 158 Å². The van der Waals surface area contributed by atoms with Crippen molar-refractivity contribution in [2.24, 2.45) is 0 Å². The number of thioether (sulfide) groups is 1. The van der Waals surface area contributed by atoms with Gasteiger partial charge in [0.25, 0.3) is 11.7 Å². The molecule has 2 rings (SSSR count). The number of rotatable bonds is 8. The number of anilines is 1. The number of benzene rings is 2. The van der Waals surface area contributed by atoms with Crippen LogP contribution in [0.3, 0.4) is 0 Å². The van der Waals surface area contributed by atoms with Crippen LogP contribution < -0.4 is 10.1 Å². The zero-order chi connectivity index (χ0) is 19.6. The van der Waals surface area contributed by atoms with Crippen molar-refractivity contribution in [3.8, 4) is 11.8 Å². The SMILES string of the molecule is N#Cc1ccc(OCC(=O)OCC(=O)Nc2ccccc2SC(F)F)cc1. The van der Waals surface area contributed by atoms with E-state index in [-0.39, 0.29) is 10.6 Å². The number of ether oxygens (including phenoxy) is 2. The highest BCUT2D eigenvalue weighted by Gasteiger charge is 2.13. The molecule has 2 aromatic carbocycles. The molecule has 6 nitrogen and oxygen atoms in total. The van der Waals surface area contributed by atoms with Crippen LogP contribution in [0, 0.1) is 11.3 Å². The van der Waals surface area contributed by atoms with Gasteiger partial charge in [0.15, 0.2) is 13.2 Å². The van der Waals surface area contributed by atoms with Gasteiger partial charge in [-0.05, 0) is 36.4 Å². The third-order valence-electron chi connectivity index (χ3n) is 3.08. The number of hydrogen-bond acceptors (Lipinski definition) is 6. The average Bonchev–Trinajstić information content (AvgIpc) is 2.66. The van der Waals surface area contributed by atoms with E-state index in [0.29, 0.717) is 23.1 Å². The van der Waals surface area contributed by atoms with E-state index in [4.69, 9.17) is 14.7 Å². The van der Waals surface area contributed by atoms with Crippen molar-refractivity contribution < 1.29 is 27.8 Å². The molecule has 0 aromatic heterocycles. The van der Waals surface area contributed by atoms with E-state index in [1.54, 1.807) is 12.1 Å². The number of carbonyl (C=O) groups is 2. The molecule has 0 bridgehead atoms. The normalized spacial score (nSPS) is 10.1. The topological polar surface area (TPSA) is 88.4 Å². The summed E-state index contributed by atoms with van der Waals surface area (Å²) in [6.45, 7) is -1.000. The fourth-order valence-corrected chi connectivity index (χ4v) is 2.51. The molecular formula is C18H14F2N2O4S. The van der Waals surface area contributed by atoms with Crippen molar-refractivity contribution in [1.29, 1.82) is 5.26 Å². The summed E-state index contributed by atoms with van der Waals surface area (Å²) >= 11 is 0.304. The van der Waals surface area contributed by atoms with Crippen LogP contribution >= 0.6 is 11.8 Å². The van der Waals surface area contributed by atoms with Gasteiger partial charge in [-0.2, -0.15) is 14.0 Å². The number of para-hydroxylation sites is 1. The number of carbonyl (C=O) groups excluding carboxylic acids is 2. The molecule has 0 aliphatic carbocycles. The minimum absolute atomic E-state index is 0.205. The number of nitrogens with one attached hydrogen (secondary N) is 1. The van der Waals surface area contributed by atoms with E-state index in [0.717, 1.165) is 0 Å². The second-order valence-corrected chi connectivity index (χ2v) is 6.04. The Morgan fingerprint density at radius 1 is 1.11 bits per heavy atom. The van der Waals surface area contributed by atoms with Crippen molar-refractivity contribution in [2.75, 3.05) is 18.5 Å². The first kappa shape index (κ1) is 20.2. The summed E-state index contributed by atoms with van der Waals surface area (Å²) in [5.41, 5.74) is 0.657. The number of halogens is 2. The Hall–Kier alpha value is -3.12. The fraction of sp³-hybridized carbons (Fsp3) is 0.167. The van der Waals surface area contributed by atoms with Gasteiger partial charge in [0.2, 0.25) is 0 Å². The molecule has 0 saturated heterocycles. The molecule has 0 spiro atoms. The van der Waals surface area contributed by atoms with Gasteiger partial charge in [-0.1, -0.05) is 23.9 Å². The summed E-state index contributed by atoms with van der Waals surface area (Å²) < 4.78 is 35.0. The van der Waals surface area contributed by atoms with Crippen LogP contribution in [0.2, 0.25) is 0 Å². The molecule has 140 valence electrons. The molecule has 2 aromatic rings. The first-order valence-electron chi connectivity index (χ1n) is 7.60. The maximum atomic E-state index is 12.5. The third-order valence-corrected chi connectivity index (χ3v) is 3.87. The summed E-state index contributed by atoms with van der Waals surface area (Å²) in [7, 11) is 0. The predicted octanol–water partition coefficient (Wildman–Crippen LogP) is 3.43. The summed E-state index contributed by atoms with van der Waals surface area (Å²) in [6, 6.07) is 14.1. The maximum absolute atomic E-state index is 12.5. The average molecular weight is 392 g/mol. The highest BCUT2D eigenvalue weighted by Crippen LogP contribution is 2.31. The zero-order valence-electron chi connectivity index (χ0n) is 13.9. The number of alkyl halides is 2. The molecule has 1 amide bonds. The molecule has 0 unspecified atom stereocenters. The third kappa shape index (κ3) is 6.95. The van der Waals surface area contributed by atoms with E-state index in [1.807, 2.05) is 6.07 Å².